The molecule has 0 aliphatic rings. The third-order valence-corrected chi connectivity index (χ3v) is 4.56. The van der Waals surface area contributed by atoms with Crippen LogP contribution in [0.4, 0.5) is 9.52 Å². The summed E-state index contributed by atoms with van der Waals surface area (Å²) in [4.78, 5) is 17.3. The second-order valence-corrected chi connectivity index (χ2v) is 6.28. The molecule has 24 heavy (non-hydrogen) atoms. The first kappa shape index (κ1) is 16.1. The molecule has 1 aromatic carbocycles. The third kappa shape index (κ3) is 3.57. The van der Waals surface area contributed by atoms with Crippen molar-refractivity contribution in [3.05, 3.63) is 81.5 Å². The number of pyridine rings is 1. The summed E-state index contributed by atoms with van der Waals surface area (Å²) in [6.07, 6.45) is 2.94. The van der Waals surface area contributed by atoms with Crippen molar-refractivity contribution in [1.82, 2.24) is 4.98 Å². The summed E-state index contributed by atoms with van der Waals surface area (Å²) in [5.74, 6) is -0.604. The molecule has 0 atom stereocenters. The molecule has 0 fully saturated rings. The maximum Gasteiger partial charge on any atom is 0.257 e. The van der Waals surface area contributed by atoms with E-state index in [1.807, 2.05) is 6.92 Å². The van der Waals surface area contributed by atoms with E-state index >= 15 is 0 Å². The van der Waals surface area contributed by atoms with Crippen LogP contribution in [0, 0.1) is 17.9 Å². The maximum absolute atomic E-state index is 13.8. The second kappa shape index (κ2) is 6.76. The van der Waals surface area contributed by atoms with Gasteiger partial charge in [0.2, 0.25) is 0 Å². The number of halogens is 1. The lowest BCUT2D eigenvalue weighted by atomic mass is 10.1. The second-order valence-electron chi connectivity index (χ2n) is 5.20. The molecule has 3 aromatic rings. The fraction of sp³-hybridized carbons (Fsp3) is 0.118. The quantitative estimate of drug-likeness (QED) is 0.585. The fourth-order valence-electron chi connectivity index (χ4n) is 2.19. The molecule has 0 saturated carbocycles. The number of carbonyl (C=O) groups is 1. The topological polar surface area (TPSA) is 68.9 Å². The van der Waals surface area contributed by atoms with Crippen LogP contribution in [0.1, 0.15) is 26.5 Å². The zero-order valence-corrected chi connectivity index (χ0v) is 13.6. The number of benzene rings is 1. The number of aryl methyl sites for hydroxylation is 1. The average Bonchev–Trinajstić information content (AvgIpc) is 2.89. The van der Waals surface area contributed by atoms with Crippen LogP contribution in [0.3, 0.4) is 0 Å². The van der Waals surface area contributed by atoms with Gasteiger partial charge in [-0.15, -0.1) is 11.3 Å². The highest BCUT2D eigenvalue weighted by Crippen LogP contribution is 2.26. The molecule has 5 nitrogen and oxygen atoms in total. The van der Waals surface area contributed by atoms with Crippen LogP contribution >= 0.6 is 11.3 Å². The van der Waals surface area contributed by atoms with Gasteiger partial charge in [0.1, 0.15) is 5.82 Å². The number of hydrogen-bond acceptors (Lipinski definition) is 4. The monoisotopic (exact) mass is 343 g/mol. The molecule has 122 valence electrons. The number of amides is 1. The summed E-state index contributed by atoms with van der Waals surface area (Å²) in [6.45, 7) is 1.82. The van der Waals surface area contributed by atoms with Crippen LogP contribution in [0.15, 0.2) is 48.8 Å². The zero-order chi connectivity index (χ0) is 17.1. The molecule has 0 saturated heterocycles. The Morgan fingerprint density at radius 1 is 1.29 bits per heavy atom. The van der Waals surface area contributed by atoms with E-state index in [2.05, 4.69) is 10.3 Å². The molecule has 0 unspecified atom stereocenters. The Balaban J connectivity index is 1.75. The van der Waals surface area contributed by atoms with Crippen LogP contribution in [0.25, 0.3) is 0 Å². The molecule has 3 rings (SSSR count). The summed E-state index contributed by atoms with van der Waals surface area (Å²) in [5, 5.41) is 14.1. The van der Waals surface area contributed by atoms with E-state index < -0.39 is 0 Å². The minimum Gasteiger partial charge on any atom is -0.619 e. The fourth-order valence-corrected chi connectivity index (χ4v) is 3.17. The van der Waals surface area contributed by atoms with E-state index in [1.54, 1.807) is 18.2 Å². The first-order valence-electron chi connectivity index (χ1n) is 7.23. The van der Waals surface area contributed by atoms with Crippen molar-refractivity contribution in [1.29, 1.82) is 0 Å². The number of thiazole rings is 1. The molecule has 2 aromatic heterocycles. The van der Waals surface area contributed by atoms with Crippen molar-refractivity contribution in [3.63, 3.8) is 0 Å². The van der Waals surface area contributed by atoms with Crippen LogP contribution in [-0.2, 0) is 6.42 Å². The van der Waals surface area contributed by atoms with Crippen LogP contribution in [0.2, 0.25) is 0 Å². The highest BCUT2D eigenvalue weighted by atomic mass is 32.1. The van der Waals surface area contributed by atoms with E-state index in [4.69, 9.17) is 0 Å². The summed E-state index contributed by atoms with van der Waals surface area (Å²) in [6, 6.07) is 9.46. The summed E-state index contributed by atoms with van der Waals surface area (Å²) < 4.78 is 14.4. The molecular weight excluding hydrogens is 329 g/mol. The van der Waals surface area contributed by atoms with Gasteiger partial charge in [-0.3, -0.25) is 10.1 Å². The Morgan fingerprint density at radius 3 is 2.71 bits per heavy atom. The van der Waals surface area contributed by atoms with Crippen molar-refractivity contribution < 1.29 is 13.9 Å². The van der Waals surface area contributed by atoms with Gasteiger partial charge in [0.25, 0.3) is 5.91 Å². The molecule has 1 amide bonds. The molecular formula is C17H14FN3O2S. The SMILES string of the molecule is Cc1nc(NC(=O)c2cc[n+]([O-])cc2)sc1Cc1ccccc1F. The van der Waals surface area contributed by atoms with E-state index in [1.165, 1.54) is 41.9 Å². The highest BCUT2D eigenvalue weighted by molar-refractivity contribution is 7.15. The number of rotatable bonds is 4. The van der Waals surface area contributed by atoms with Crippen LogP contribution < -0.4 is 10.0 Å². The van der Waals surface area contributed by atoms with Crippen LogP contribution in [0.5, 0.6) is 0 Å². The smallest absolute Gasteiger partial charge is 0.257 e. The first-order valence-corrected chi connectivity index (χ1v) is 8.04. The highest BCUT2D eigenvalue weighted by Gasteiger charge is 2.14. The lowest BCUT2D eigenvalue weighted by Crippen LogP contribution is -2.25. The molecule has 0 spiro atoms. The van der Waals surface area contributed by atoms with Gasteiger partial charge in [-0.25, -0.2) is 9.37 Å². The van der Waals surface area contributed by atoms with Crippen molar-refractivity contribution in [3.8, 4) is 0 Å². The molecule has 0 aliphatic heterocycles. The molecule has 0 aliphatic carbocycles. The number of hydrogen-bond donors (Lipinski definition) is 1. The van der Waals surface area contributed by atoms with Crippen LogP contribution in [-0.4, -0.2) is 10.9 Å². The van der Waals surface area contributed by atoms with E-state index in [-0.39, 0.29) is 11.7 Å². The predicted molar refractivity (Wildman–Crippen MR) is 89.4 cm³/mol. The van der Waals surface area contributed by atoms with Crippen molar-refractivity contribution in [2.24, 2.45) is 0 Å². The minimum absolute atomic E-state index is 0.258. The molecule has 1 N–H and O–H groups in total. The van der Waals surface area contributed by atoms with Gasteiger partial charge in [0.05, 0.1) is 11.3 Å². The normalized spacial score (nSPS) is 10.6. The maximum atomic E-state index is 13.8. The average molecular weight is 343 g/mol. The number of nitrogens with zero attached hydrogens (tertiary/aromatic N) is 2. The van der Waals surface area contributed by atoms with Gasteiger partial charge >= 0.3 is 0 Å². The Hall–Kier alpha value is -2.80. The van der Waals surface area contributed by atoms with Crippen molar-refractivity contribution in [2.45, 2.75) is 13.3 Å². The Kier molecular flexibility index (Phi) is 4.52. The molecule has 0 radical (unpaired) electrons. The van der Waals surface area contributed by atoms with Gasteiger partial charge in [0.15, 0.2) is 17.5 Å². The number of nitrogens with one attached hydrogen (secondary N) is 1. The largest absolute Gasteiger partial charge is 0.619 e. The van der Waals surface area contributed by atoms with Crippen molar-refractivity contribution in [2.75, 3.05) is 5.32 Å². The summed E-state index contributed by atoms with van der Waals surface area (Å²) >= 11 is 1.31. The Bertz CT molecular complexity index is 878. The molecule has 2 heterocycles. The lowest BCUT2D eigenvalue weighted by molar-refractivity contribution is -0.605. The van der Waals surface area contributed by atoms with E-state index in [0.717, 1.165) is 10.6 Å². The van der Waals surface area contributed by atoms with Gasteiger partial charge in [0, 0.05) is 23.4 Å². The number of aromatic nitrogens is 2. The van der Waals surface area contributed by atoms with Gasteiger partial charge < -0.3 is 5.21 Å². The Morgan fingerprint density at radius 2 is 2.00 bits per heavy atom. The standard InChI is InChI=1S/C17H14FN3O2S/c1-11-15(10-13-4-2-3-5-14(13)18)24-17(19-11)20-16(22)12-6-8-21(23)9-7-12/h2-9H,10H2,1H3,(H,19,20,22). The van der Waals surface area contributed by atoms with Gasteiger partial charge in [-0.2, -0.15) is 4.73 Å². The number of carbonyl (C=O) groups excluding carboxylic acids is 1. The third-order valence-electron chi connectivity index (χ3n) is 3.49. The Labute approximate surface area is 142 Å². The predicted octanol–water partition coefficient (Wildman–Crippen LogP) is 3.07. The summed E-state index contributed by atoms with van der Waals surface area (Å²) in [5.41, 5.74) is 1.71. The minimum atomic E-state index is -0.346. The van der Waals surface area contributed by atoms with E-state index in [9.17, 15) is 14.4 Å². The summed E-state index contributed by atoms with van der Waals surface area (Å²) in [7, 11) is 0. The zero-order valence-electron chi connectivity index (χ0n) is 12.8. The molecule has 0 bridgehead atoms. The van der Waals surface area contributed by atoms with Crippen molar-refractivity contribution >= 4 is 22.4 Å². The van der Waals surface area contributed by atoms with Gasteiger partial charge in [-0.05, 0) is 18.6 Å². The number of anilines is 1. The van der Waals surface area contributed by atoms with E-state index in [0.29, 0.717) is 27.4 Å². The van der Waals surface area contributed by atoms with Gasteiger partial charge in [-0.1, -0.05) is 18.2 Å². The molecule has 7 heteroatoms. The first-order chi connectivity index (χ1) is 11.5. The lowest BCUT2D eigenvalue weighted by Gasteiger charge is -2.01.